The van der Waals surface area contributed by atoms with E-state index in [1.54, 1.807) is 49.6 Å². The van der Waals surface area contributed by atoms with Crippen LogP contribution >= 0.6 is 23.2 Å². The van der Waals surface area contributed by atoms with Crippen molar-refractivity contribution >= 4 is 56.4 Å². The summed E-state index contributed by atoms with van der Waals surface area (Å²) in [4.78, 5) is 25.7. The molecule has 0 saturated heterocycles. The maximum absolute atomic E-state index is 13.5. The van der Waals surface area contributed by atoms with Gasteiger partial charge in [0.1, 0.15) is 6.54 Å². The first kappa shape index (κ1) is 27.5. The van der Waals surface area contributed by atoms with Crippen LogP contribution in [-0.2, 0) is 19.6 Å². The van der Waals surface area contributed by atoms with Gasteiger partial charge in [0.15, 0.2) is 0 Å². The van der Waals surface area contributed by atoms with E-state index in [0.717, 1.165) is 4.31 Å². The average Bonchev–Trinajstić information content (AvgIpc) is 2.86. The number of nitrogens with zero attached hydrogens (tertiary/aromatic N) is 1. The lowest BCUT2D eigenvalue weighted by molar-refractivity contribution is -0.114. The number of ether oxygens (including phenoxy) is 1. The fourth-order valence-electron chi connectivity index (χ4n) is 3.33. The van der Waals surface area contributed by atoms with Crippen molar-refractivity contribution in [1.82, 2.24) is 5.32 Å². The van der Waals surface area contributed by atoms with Crippen LogP contribution in [0.25, 0.3) is 0 Å². The third-order valence-electron chi connectivity index (χ3n) is 5.05. The quantitative estimate of drug-likeness (QED) is 0.340. The van der Waals surface area contributed by atoms with Crippen molar-refractivity contribution < 1.29 is 22.7 Å². The van der Waals surface area contributed by atoms with Gasteiger partial charge in [0.2, 0.25) is 5.91 Å². The first-order valence-electron chi connectivity index (χ1n) is 10.9. The van der Waals surface area contributed by atoms with Crippen molar-refractivity contribution in [1.29, 1.82) is 0 Å². The molecule has 0 heterocycles. The van der Waals surface area contributed by atoms with Crippen molar-refractivity contribution in [3.05, 3.63) is 88.4 Å². The molecule has 0 aliphatic carbocycles. The maximum Gasteiger partial charge on any atom is 0.264 e. The molecule has 190 valence electrons. The van der Waals surface area contributed by atoms with Gasteiger partial charge in [0.05, 0.1) is 26.9 Å². The van der Waals surface area contributed by atoms with Crippen LogP contribution in [-0.4, -0.2) is 47.0 Å². The lowest BCUT2D eigenvalue weighted by Gasteiger charge is -2.25. The average molecular weight is 550 g/mol. The number of hydrogen-bond donors (Lipinski definition) is 2. The number of hydrogen-bond acceptors (Lipinski definition) is 5. The number of anilines is 2. The fraction of sp³-hybridized carbons (Fsp3) is 0.200. The van der Waals surface area contributed by atoms with E-state index in [1.165, 1.54) is 30.3 Å². The topological polar surface area (TPSA) is 105 Å². The summed E-state index contributed by atoms with van der Waals surface area (Å²) in [6, 6.07) is 18.5. The van der Waals surface area contributed by atoms with Crippen molar-refractivity contribution in [2.24, 2.45) is 0 Å². The van der Waals surface area contributed by atoms with E-state index in [0.29, 0.717) is 24.6 Å². The summed E-state index contributed by atoms with van der Waals surface area (Å²) in [5, 5.41) is 5.79. The molecule has 0 aromatic heterocycles. The van der Waals surface area contributed by atoms with E-state index in [1.807, 2.05) is 0 Å². The summed E-state index contributed by atoms with van der Waals surface area (Å²) < 4.78 is 32.9. The number of amides is 2. The molecular weight excluding hydrogens is 525 g/mol. The van der Waals surface area contributed by atoms with Crippen LogP contribution in [0.4, 0.5) is 11.4 Å². The van der Waals surface area contributed by atoms with Gasteiger partial charge in [-0.2, -0.15) is 0 Å². The number of methoxy groups -OCH3 is 1. The van der Waals surface area contributed by atoms with E-state index in [-0.39, 0.29) is 32.8 Å². The van der Waals surface area contributed by atoms with Gasteiger partial charge in [-0.05, 0) is 48.9 Å². The first-order chi connectivity index (χ1) is 17.2. The second-order valence-electron chi connectivity index (χ2n) is 7.62. The van der Waals surface area contributed by atoms with Gasteiger partial charge in [-0.25, -0.2) is 8.42 Å². The minimum absolute atomic E-state index is 0.0142. The molecule has 3 aromatic carbocycles. The third kappa shape index (κ3) is 6.98. The Hall–Kier alpha value is -3.11. The SMILES string of the molecule is COCCCNC(=O)c1ccccc1NC(=O)CN(c1ccc(Cl)cc1Cl)S(=O)(=O)c1ccccc1. The molecule has 0 aliphatic heterocycles. The van der Waals surface area contributed by atoms with Crippen molar-refractivity contribution in [2.75, 3.05) is 36.4 Å². The number of para-hydroxylation sites is 1. The number of carbonyl (C=O) groups is 2. The standard InChI is InChI=1S/C25H25Cl2N3O5S/c1-35-15-7-14-28-25(32)20-10-5-6-11-22(20)29-24(31)17-30(23-13-12-18(26)16-21(23)27)36(33,34)19-8-3-2-4-9-19/h2-6,8-13,16H,7,14-15,17H2,1H3,(H,28,32)(H,29,31). The van der Waals surface area contributed by atoms with Gasteiger partial charge in [-0.15, -0.1) is 0 Å². The maximum atomic E-state index is 13.5. The van der Waals surface area contributed by atoms with E-state index in [4.69, 9.17) is 27.9 Å². The molecule has 0 unspecified atom stereocenters. The molecule has 0 spiro atoms. The van der Waals surface area contributed by atoms with Crippen LogP contribution in [0.15, 0.2) is 77.7 Å². The van der Waals surface area contributed by atoms with Crippen LogP contribution < -0.4 is 14.9 Å². The van der Waals surface area contributed by atoms with E-state index in [2.05, 4.69) is 10.6 Å². The zero-order valence-corrected chi connectivity index (χ0v) is 21.7. The highest BCUT2D eigenvalue weighted by atomic mass is 35.5. The number of benzene rings is 3. The molecule has 3 aromatic rings. The van der Waals surface area contributed by atoms with E-state index < -0.39 is 22.5 Å². The van der Waals surface area contributed by atoms with E-state index in [9.17, 15) is 18.0 Å². The molecule has 11 heteroatoms. The Bertz CT molecular complexity index is 1320. The number of halogens is 2. The van der Waals surface area contributed by atoms with Gasteiger partial charge in [-0.3, -0.25) is 13.9 Å². The summed E-state index contributed by atoms with van der Waals surface area (Å²) >= 11 is 12.3. The largest absolute Gasteiger partial charge is 0.385 e. The molecule has 2 amide bonds. The number of nitrogens with one attached hydrogen (secondary N) is 2. The summed E-state index contributed by atoms with van der Waals surface area (Å²) in [5.74, 6) is -1.04. The highest BCUT2D eigenvalue weighted by molar-refractivity contribution is 7.92. The van der Waals surface area contributed by atoms with Crippen LogP contribution in [0.1, 0.15) is 16.8 Å². The normalized spacial score (nSPS) is 11.1. The Labute approximate surface area is 220 Å². The van der Waals surface area contributed by atoms with Crippen LogP contribution in [0.5, 0.6) is 0 Å². The van der Waals surface area contributed by atoms with Crippen LogP contribution in [0.3, 0.4) is 0 Å². The lowest BCUT2D eigenvalue weighted by atomic mass is 10.1. The predicted octanol–water partition coefficient (Wildman–Crippen LogP) is 4.59. The van der Waals surface area contributed by atoms with Gasteiger partial charge in [-0.1, -0.05) is 53.5 Å². The summed E-state index contributed by atoms with van der Waals surface area (Å²) in [6.45, 7) is 0.299. The molecule has 2 N–H and O–H groups in total. The van der Waals surface area contributed by atoms with Crippen LogP contribution in [0.2, 0.25) is 10.0 Å². The van der Waals surface area contributed by atoms with Crippen molar-refractivity contribution in [2.45, 2.75) is 11.3 Å². The van der Waals surface area contributed by atoms with Gasteiger partial charge < -0.3 is 15.4 Å². The molecule has 8 nitrogen and oxygen atoms in total. The first-order valence-corrected chi connectivity index (χ1v) is 13.1. The Morgan fingerprint density at radius 3 is 2.36 bits per heavy atom. The summed E-state index contributed by atoms with van der Waals surface area (Å²) in [7, 11) is -2.59. The highest BCUT2D eigenvalue weighted by Crippen LogP contribution is 2.32. The van der Waals surface area contributed by atoms with Crippen molar-refractivity contribution in [3.8, 4) is 0 Å². The fourth-order valence-corrected chi connectivity index (χ4v) is 5.35. The highest BCUT2D eigenvalue weighted by Gasteiger charge is 2.29. The predicted molar refractivity (Wildman–Crippen MR) is 141 cm³/mol. The minimum Gasteiger partial charge on any atom is -0.385 e. The van der Waals surface area contributed by atoms with Gasteiger partial charge in [0, 0.05) is 25.3 Å². The molecule has 0 radical (unpaired) electrons. The molecule has 0 bridgehead atoms. The molecule has 0 aliphatic rings. The summed E-state index contributed by atoms with van der Waals surface area (Å²) in [6.07, 6.45) is 0.630. The molecule has 0 atom stereocenters. The second kappa shape index (κ2) is 12.7. The Morgan fingerprint density at radius 1 is 0.972 bits per heavy atom. The van der Waals surface area contributed by atoms with Gasteiger partial charge in [0.25, 0.3) is 15.9 Å². The molecular formula is C25H25Cl2N3O5S. The minimum atomic E-state index is -4.17. The van der Waals surface area contributed by atoms with Crippen molar-refractivity contribution in [3.63, 3.8) is 0 Å². The third-order valence-corrected chi connectivity index (χ3v) is 7.37. The lowest BCUT2D eigenvalue weighted by Crippen LogP contribution is -2.38. The Kier molecular flexibility index (Phi) is 9.72. The monoisotopic (exact) mass is 549 g/mol. The number of sulfonamides is 1. The molecule has 0 saturated carbocycles. The smallest absolute Gasteiger partial charge is 0.264 e. The number of rotatable bonds is 11. The second-order valence-corrected chi connectivity index (χ2v) is 10.3. The Balaban J connectivity index is 1.87. The zero-order chi connectivity index (χ0) is 26.1. The molecule has 36 heavy (non-hydrogen) atoms. The molecule has 0 fully saturated rings. The van der Waals surface area contributed by atoms with Crippen LogP contribution in [0, 0.1) is 0 Å². The number of carbonyl (C=O) groups excluding carboxylic acids is 2. The Morgan fingerprint density at radius 2 is 1.67 bits per heavy atom. The zero-order valence-electron chi connectivity index (χ0n) is 19.4. The molecule has 3 rings (SSSR count). The van der Waals surface area contributed by atoms with E-state index >= 15 is 0 Å². The summed E-state index contributed by atoms with van der Waals surface area (Å²) in [5.41, 5.74) is 0.570. The van der Waals surface area contributed by atoms with Gasteiger partial charge >= 0.3 is 0 Å².